The summed E-state index contributed by atoms with van der Waals surface area (Å²) in [5, 5.41) is 4.96. The predicted molar refractivity (Wildman–Crippen MR) is 95.9 cm³/mol. The lowest BCUT2D eigenvalue weighted by atomic mass is 9.93. The molecule has 0 aliphatic carbocycles. The van der Waals surface area contributed by atoms with Gasteiger partial charge in [-0.15, -0.1) is 0 Å². The third-order valence-electron chi connectivity index (χ3n) is 4.32. The molecule has 1 N–H and O–H groups in total. The van der Waals surface area contributed by atoms with E-state index in [1.807, 2.05) is 61.5 Å². The molecule has 4 aromatic rings. The monoisotopic (exact) mass is 338 g/mol. The second-order valence-corrected chi connectivity index (χ2v) is 6.74. The first kappa shape index (κ1) is 14.9. The van der Waals surface area contributed by atoms with Crippen molar-refractivity contribution in [3.63, 3.8) is 0 Å². The van der Waals surface area contributed by atoms with Gasteiger partial charge in [0.25, 0.3) is 0 Å². The molecule has 0 fully saturated rings. The lowest BCUT2D eigenvalue weighted by Gasteiger charge is -2.15. The maximum absolute atomic E-state index is 11.4. The van der Waals surface area contributed by atoms with Gasteiger partial charge in [-0.1, -0.05) is 60.7 Å². The van der Waals surface area contributed by atoms with E-state index >= 15 is 0 Å². The molecule has 4 rings (SSSR count). The van der Waals surface area contributed by atoms with Crippen molar-refractivity contribution in [3.8, 4) is 5.75 Å². The maximum Gasteiger partial charge on any atom is 0.446 e. The molecule has 0 spiro atoms. The van der Waals surface area contributed by atoms with Crippen LogP contribution in [0.2, 0.25) is 0 Å². The van der Waals surface area contributed by atoms with Crippen LogP contribution in [0.3, 0.4) is 0 Å². The van der Waals surface area contributed by atoms with Gasteiger partial charge in [0.05, 0.1) is 0 Å². The van der Waals surface area contributed by atoms with Crippen LogP contribution in [0.15, 0.2) is 60.7 Å². The zero-order valence-corrected chi connectivity index (χ0v) is 13.7. The summed E-state index contributed by atoms with van der Waals surface area (Å²) in [6.45, 7) is 2.00. The maximum atomic E-state index is 11.4. The summed E-state index contributed by atoms with van der Waals surface area (Å²) < 4.78 is 37.2. The smallest absolute Gasteiger partial charge is 0.360 e. The van der Waals surface area contributed by atoms with Gasteiger partial charge in [0, 0.05) is 10.8 Å². The van der Waals surface area contributed by atoms with E-state index in [0.29, 0.717) is 10.8 Å². The molecule has 0 aliphatic rings. The normalized spacial score (nSPS) is 12.1. The molecule has 0 amide bonds. The van der Waals surface area contributed by atoms with Crippen molar-refractivity contribution in [2.45, 2.75) is 6.92 Å². The van der Waals surface area contributed by atoms with Crippen LogP contribution in [0.4, 0.5) is 0 Å². The number of aryl methyl sites for hydroxylation is 1. The lowest BCUT2D eigenvalue weighted by molar-refractivity contribution is 0.390. The standard InChI is InChI=1S/C19H14O4S/c1-12-14-7-4-5-9-17(14)19(23-24(20,21)22)18-15(12)11-10-13-6-2-3-8-16(13)18/h2-11H,1H3,(H,20,21,22). The van der Waals surface area contributed by atoms with Gasteiger partial charge in [0.1, 0.15) is 0 Å². The SMILES string of the molecule is Cc1c2ccccc2c(OS(=O)(=O)O)c2c1ccc1ccccc12. The highest BCUT2D eigenvalue weighted by atomic mass is 32.3. The average Bonchev–Trinajstić information content (AvgIpc) is 2.57. The molecular formula is C19H14O4S. The van der Waals surface area contributed by atoms with Gasteiger partial charge in [0.2, 0.25) is 0 Å². The minimum absolute atomic E-state index is 0.158. The largest absolute Gasteiger partial charge is 0.446 e. The number of hydrogen-bond donors (Lipinski definition) is 1. The molecule has 0 saturated carbocycles. The van der Waals surface area contributed by atoms with Crippen molar-refractivity contribution in [1.82, 2.24) is 0 Å². The third kappa shape index (κ3) is 2.29. The summed E-state index contributed by atoms with van der Waals surface area (Å²) >= 11 is 0. The average molecular weight is 338 g/mol. The highest BCUT2D eigenvalue weighted by Crippen LogP contribution is 2.42. The number of benzene rings is 4. The van der Waals surface area contributed by atoms with Crippen molar-refractivity contribution in [3.05, 3.63) is 66.2 Å². The van der Waals surface area contributed by atoms with Crippen LogP contribution in [0.5, 0.6) is 5.75 Å². The molecule has 120 valence electrons. The van der Waals surface area contributed by atoms with Crippen LogP contribution >= 0.6 is 0 Å². The summed E-state index contributed by atoms with van der Waals surface area (Å²) in [5.41, 5.74) is 1.04. The molecule has 0 radical (unpaired) electrons. The Labute approximate surface area is 139 Å². The van der Waals surface area contributed by atoms with Gasteiger partial charge < -0.3 is 4.18 Å². The Balaban J connectivity index is 2.32. The van der Waals surface area contributed by atoms with Gasteiger partial charge >= 0.3 is 10.4 Å². The Kier molecular flexibility index (Phi) is 3.23. The summed E-state index contributed by atoms with van der Waals surface area (Å²) in [5.74, 6) is 0.158. The summed E-state index contributed by atoms with van der Waals surface area (Å²) in [6.07, 6.45) is 0. The lowest BCUT2D eigenvalue weighted by Crippen LogP contribution is -2.08. The fourth-order valence-corrected chi connectivity index (χ4v) is 3.69. The zero-order valence-electron chi connectivity index (χ0n) is 12.9. The highest BCUT2D eigenvalue weighted by Gasteiger charge is 2.19. The molecule has 24 heavy (non-hydrogen) atoms. The van der Waals surface area contributed by atoms with E-state index < -0.39 is 10.4 Å². The molecule has 4 nitrogen and oxygen atoms in total. The second kappa shape index (κ2) is 5.19. The molecule has 0 aromatic heterocycles. The van der Waals surface area contributed by atoms with Gasteiger partial charge in [-0.25, -0.2) is 0 Å². The van der Waals surface area contributed by atoms with E-state index in [9.17, 15) is 13.0 Å². The Bertz CT molecular complexity index is 1210. The third-order valence-corrected chi connectivity index (χ3v) is 4.70. The topological polar surface area (TPSA) is 63.6 Å². The van der Waals surface area contributed by atoms with Crippen LogP contribution in [-0.2, 0) is 10.4 Å². The first-order valence-corrected chi connectivity index (χ1v) is 8.82. The number of rotatable bonds is 2. The first-order chi connectivity index (χ1) is 11.5. The fraction of sp³-hybridized carbons (Fsp3) is 0.0526. The molecule has 0 bridgehead atoms. The Morgan fingerprint density at radius 3 is 2.12 bits per heavy atom. The fourth-order valence-electron chi connectivity index (χ4n) is 3.31. The minimum Gasteiger partial charge on any atom is -0.360 e. The predicted octanol–water partition coefficient (Wildman–Crippen LogP) is 4.64. The Hall–Kier alpha value is -2.63. The molecular weight excluding hydrogens is 324 g/mol. The van der Waals surface area contributed by atoms with Gasteiger partial charge in [-0.2, -0.15) is 8.42 Å². The van der Waals surface area contributed by atoms with Gasteiger partial charge in [-0.05, 0) is 34.0 Å². The molecule has 0 unspecified atom stereocenters. The summed E-state index contributed by atoms with van der Waals surface area (Å²) in [4.78, 5) is 0. The van der Waals surface area contributed by atoms with Crippen molar-refractivity contribution in [2.75, 3.05) is 0 Å². The van der Waals surface area contributed by atoms with Crippen molar-refractivity contribution < 1.29 is 17.2 Å². The molecule has 5 heteroatoms. The molecule has 4 aromatic carbocycles. The van der Waals surface area contributed by atoms with E-state index in [1.54, 1.807) is 6.07 Å². The van der Waals surface area contributed by atoms with Crippen LogP contribution in [0.25, 0.3) is 32.3 Å². The molecule has 0 aliphatic heterocycles. The van der Waals surface area contributed by atoms with Crippen LogP contribution < -0.4 is 4.18 Å². The number of fused-ring (bicyclic) bond motifs is 4. The summed E-state index contributed by atoms with van der Waals surface area (Å²) in [6, 6.07) is 19.1. The van der Waals surface area contributed by atoms with Gasteiger partial charge in [-0.3, -0.25) is 4.55 Å². The highest BCUT2D eigenvalue weighted by molar-refractivity contribution is 7.81. The van der Waals surface area contributed by atoms with Crippen LogP contribution in [-0.4, -0.2) is 13.0 Å². The Morgan fingerprint density at radius 1 is 0.792 bits per heavy atom. The van der Waals surface area contributed by atoms with E-state index in [2.05, 4.69) is 0 Å². The molecule has 0 heterocycles. The minimum atomic E-state index is -4.64. The van der Waals surface area contributed by atoms with Crippen molar-refractivity contribution in [2.24, 2.45) is 0 Å². The quantitative estimate of drug-likeness (QED) is 0.329. The van der Waals surface area contributed by atoms with Crippen LogP contribution in [0.1, 0.15) is 5.56 Å². The van der Waals surface area contributed by atoms with Crippen molar-refractivity contribution >= 4 is 42.7 Å². The first-order valence-electron chi connectivity index (χ1n) is 7.45. The second-order valence-electron chi connectivity index (χ2n) is 5.72. The van der Waals surface area contributed by atoms with E-state index in [1.165, 1.54) is 0 Å². The summed E-state index contributed by atoms with van der Waals surface area (Å²) in [7, 11) is -4.64. The number of hydrogen-bond acceptors (Lipinski definition) is 3. The van der Waals surface area contributed by atoms with Gasteiger partial charge in [0.15, 0.2) is 5.75 Å². The molecule has 0 saturated heterocycles. The van der Waals surface area contributed by atoms with Crippen LogP contribution in [0, 0.1) is 6.92 Å². The van der Waals surface area contributed by atoms with Crippen molar-refractivity contribution in [1.29, 1.82) is 0 Å². The Morgan fingerprint density at radius 2 is 1.42 bits per heavy atom. The van der Waals surface area contributed by atoms with E-state index in [4.69, 9.17) is 4.18 Å². The van der Waals surface area contributed by atoms with E-state index in [-0.39, 0.29) is 5.75 Å². The zero-order chi connectivity index (χ0) is 16.9. The molecule has 0 atom stereocenters. The van der Waals surface area contributed by atoms with E-state index in [0.717, 1.165) is 27.1 Å².